The Morgan fingerprint density at radius 1 is 0.806 bits per heavy atom. The summed E-state index contributed by atoms with van der Waals surface area (Å²) in [5, 5.41) is 8.19. The Labute approximate surface area is 212 Å². The maximum absolute atomic E-state index is 13.9. The molecule has 36 heavy (non-hydrogen) atoms. The number of aromatic nitrogens is 2. The number of benzene rings is 4. The largest absolute Gasteiger partial charge is 0.344 e. The van der Waals surface area contributed by atoms with Gasteiger partial charge >= 0.3 is 0 Å². The van der Waals surface area contributed by atoms with Gasteiger partial charge in [0.25, 0.3) is 5.91 Å². The molecule has 1 atom stereocenters. The minimum atomic E-state index is -0.177. The molecule has 0 fully saturated rings. The molecule has 0 radical (unpaired) electrons. The molecule has 0 bridgehead atoms. The lowest BCUT2D eigenvalue weighted by Gasteiger charge is -2.20. The van der Waals surface area contributed by atoms with Gasteiger partial charge in [-0.1, -0.05) is 109 Å². The van der Waals surface area contributed by atoms with E-state index in [1.54, 1.807) is 4.68 Å². The number of amides is 1. The molecule has 0 saturated carbocycles. The smallest absolute Gasteiger partial charge is 0.270 e. The highest BCUT2D eigenvalue weighted by molar-refractivity contribution is 5.94. The quantitative estimate of drug-likeness (QED) is 0.282. The Morgan fingerprint density at radius 3 is 2.11 bits per heavy atom. The van der Waals surface area contributed by atoms with Gasteiger partial charge in [-0.3, -0.25) is 4.79 Å². The molecule has 5 rings (SSSR count). The normalized spacial score (nSPS) is 11.7. The van der Waals surface area contributed by atoms with Gasteiger partial charge in [0.15, 0.2) is 0 Å². The zero-order valence-corrected chi connectivity index (χ0v) is 20.6. The molecule has 1 unspecified atom stereocenters. The molecule has 0 spiro atoms. The van der Waals surface area contributed by atoms with Crippen LogP contribution in [0.1, 0.15) is 38.8 Å². The van der Waals surface area contributed by atoms with Crippen LogP contribution >= 0.6 is 0 Å². The number of rotatable bonds is 7. The van der Waals surface area contributed by atoms with Crippen LogP contribution in [-0.4, -0.2) is 15.7 Å². The Bertz CT molecular complexity index is 1460. The van der Waals surface area contributed by atoms with Gasteiger partial charge in [0.1, 0.15) is 5.69 Å². The Morgan fingerprint density at radius 2 is 1.44 bits per heavy atom. The van der Waals surface area contributed by atoms with Crippen molar-refractivity contribution in [2.24, 2.45) is 0 Å². The predicted octanol–water partition coefficient (Wildman–Crippen LogP) is 6.87. The molecule has 1 heterocycles. The molecule has 0 aliphatic rings. The van der Waals surface area contributed by atoms with Crippen LogP contribution in [0.25, 0.3) is 16.9 Å². The summed E-state index contributed by atoms with van der Waals surface area (Å²) in [4.78, 5) is 13.9. The lowest BCUT2D eigenvalue weighted by atomic mass is 9.98. The van der Waals surface area contributed by atoms with Crippen LogP contribution in [-0.2, 0) is 6.42 Å². The standard InChI is InChI=1S/C32H29N3O/c1-23-18-19-30(24(2)20-23)35-31(22-29(34-35)27-16-10-5-11-17-27)32(36)33-28(26-14-8-4-9-15-26)21-25-12-6-3-7-13-25/h3-20,22,28H,21H2,1-2H3,(H,33,36). The van der Waals surface area contributed by atoms with E-state index < -0.39 is 0 Å². The van der Waals surface area contributed by atoms with Crippen molar-refractivity contribution in [1.82, 2.24) is 15.1 Å². The van der Waals surface area contributed by atoms with Crippen molar-refractivity contribution in [3.63, 3.8) is 0 Å². The van der Waals surface area contributed by atoms with Gasteiger partial charge in [0.2, 0.25) is 0 Å². The molecule has 4 aromatic carbocycles. The number of aryl methyl sites for hydroxylation is 2. The second-order valence-electron chi connectivity index (χ2n) is 9.11. The zero-order valence-electron chi connectivity index (χ0n) is 20.6. The fraction of sp³-hybridized carbons (Fsp3) is 0.125. The highest BCUT2D eigenvalue weighted by atomic mass is 16.2. The number of nitrogens with one attached hydrogen (secondary N) is 1. The number of nitrogens with zero attached hydrogens (tertiary/aromatic N) is 2. The van der Waals surface area contributed by atoms with E-state index in [0.717, 1.165) is 28.1 Å². The third-order valence-electron chi connectivity index (χ3n) is 6.38. The fourth-order valence-corrected chi connectivity index (χ4v) is 4.54. The fourth-order valence-electron chi connectivity index (χ4n) is 4.54. The van der Waals surface area contributed by atoms with Gasteiger partial charge in [-0.25, -0.2) is 4.68 Å². The van der Waals surface area contributed by atoms with E-state index in [-0.39, 0.29) is 11.9 Å². The molecule has 1 amide bonds. The van der Waals surface area contributed by atoms with Crippen molar-refractivity contribution in [3.05, 3.63) is 143 Å². The minimum absolute atomic E-state index is 0.158. The summed E-state index contributed by atoms with van der Waals surface area (Å²) in [6.07, 6.45) is 0.694. The van der Waals surface area contributed by atoms with Gasteiger partial charge in [-0.2, -0.15) is 5.10 Å². The average molecular weight is 472 g/mol. The van der Waals surface area contributed by atoms with Gasteiger partial charge in [0.05, 0.1) is 17.4 Å². The summed E-state index contributed by atoms with van der Waals surface area (Å²) in [5.74, 6) is -0.158. The topological polar surface area (TPSA) is 46.9 Å². The average Bonchev–Trinajstić information content (AvgIpc) is 3.35. The molecular formula is C32H29N3O. The van der Waals surface area contributed by atoms with Crippen LogP contribution in [0.15, 0.2) is 115 Å². The minimum Gasteiger partial charge on any atom is -0.344 e. The number of hydrogen-bond donors (Lipinski definition) is 1. The van der Waals surface area contributed by atoms with Crippen molar-refractivity contribution in [3.8, 4) is 16.9 Å². The molecule has 4 heteroatoms. The highest BCUT2D eigenvalue weighted by Gasteiger charge is 2.22. The van der Waals surface area contributed by atoms with Gasteiger partial charge in [-0.15, -0.1) is 0 Å². The van der Waals surface area contributed by atoms with E-state index in [1.807, 2.05) is 78.9 Å². The van der Waals surface area contributed by atoms with Crippen molar-refractivity contribution >= 4 is 5.91 Å². The SMILES string of the molecule is Cc1ccc(-n2nc(-c3ccccc3)cc2C(=O)NC(Cc2ccccc2)c2ccccc2)c(C)c1. The Hall–Kier alpha value is -4.44. The maximum atomic E-state index is 13.9. The molecular weight excluding hydrogens is 442 g/mol. The molecule has 0 saturated heterocycles. The van der Waals surface area contributed by atoms with Crippen LogP contribution in [0, 0.1) is 13.8 Å². The summed E-state index contributed by atoms with van der Waals surface area (Å²) in [6.45, 7) is 4.12. The van der Waals surface area contributed by atoms with E-state index in [1.165, 1.54) is 11.1 Å². The molecule has 1 N–H and O–H groups in total. The summed E-state index contributed by atoms with van der Waals surface area (Å²) < 4.78 is 1.77. The maximum Gasteiger partial charge on any atom is 0.270 e. The summed E-state index contributed by atoms with van der Waals surface area (Å²) >= 11 is 0. The van der Waals surface area contributed by atoms with Gasteiger partial charge < -0.3 is 5.32 Å². The van der Waals surface area contributed by atoms with Crippen molar-refractivity contribution in [1.29, 1.82) is 0 Å². The Balaban J connectivity index is 1.55. The van der Waals surface area contributed by atoms with Gasteiger partial charge in [-0.05, 0) is 49.1 Å². The summed E-state index contributed by atoms with van der Waals surface area (Å²) in [6, 6.07) is 38.2. The second-order valence-corrected chi connectivity index (χ2v) is 9.11. The second kappa shape index (κ2) is 10.4. The predicted molar refractivity (Wildman–Crippen MR) is 145 cm³/mol. The van der Waals surface area contributed by atoms with Crippen LogP contribution in [0.4, 0.5) is 0 Å². The first-order valence-electron chi connectivity index (χ1n) is 12.2. The van der Waals surface area contributed by atoms with E-state index in [4.69, 9.17) is 5.10 Å². The van der Waals surface area contributed by atoms with Crippen LogP contribution in [0.3, 0.4) is 0 Å². The van der Waals surface area contributed by atoms with Crippen LogP contribution in [0.2, 0.25) is 0 Å². The van der Waals surface area contributed by atoms with Crippen molar-refractivity contribution < 1.29 is 4.79 Å². The van der Waals surface area contributed by atoms with E-state index in [9.17, 15) is 4.79 Å². The first kappa shape index (κ1) is 23.3. The Kier molecular flexibility index (Phi) is 6.76. The molecule has 5 aromatic rings. The number of hydrogen-bond acceptors (Lipinski definition) is 2. The van der Waals surface area contributed by atoms with Crippen LogP contribution < -0.4 is 5.32 Å². The molecule has 0 aliphatic carbocycles. The molecule has 4 nitrogen and oxygen atoms in total. The number of carbonyl (C=O) groups excluding carboxylic acids is 1. The van der Waals surface area contributed by atoms with Crippen molar-refractivity contribution in [2.45, 2.75) is 26.3 Å². The van der Waals surface area contributed by atoms with Crippen LogP contribution in [0.5, 0.6) is 0 Å². The first-order chi connectivity index (χ1) is 17.6. The van der Waals surface area contributed by atoms with E-state index >= 15 is 0 Å². The first-order valence-corrected chi connectivity index (χ1v) is 12.2. The third-order valence-corrected chi connectivity index (χ3v) is 6.38. The highest BCUT2D eigenvalue weighted by Crippen LogP contribution is 2.25. The van der Waals surface area contributed by atoms with E-state index in [0.29, 0.717) is 12.1 Å². The molecule has 0 aliphatic heterocycles. The third kappa shape index (κ3) is 5.13. The van der Waals surface area contributed by atoms with E-state index in [2.05, 4.69) is 55.6 Å². The summed E-state index contributed by atoms with van der Waals surface area (Å²) in [7, 11) is 0. The van der Waals surface area contributed by atoms with Crippen molar-refractivity contribution in [2.75, 3.05) is 0 Å². The zero-order chi connectivity index (χ0) is 24.9. The molecule has 1 aromatic heterocycles. The summed E-state index contributed by atoms with van der Waals surface area (Å²) in [5.41, 5.74) is 7.61. The number of carbonyl (C=O) groups is 1. The lowest BCUT2D eigenvalue weighted by Crippen LogP contribution is -2.31. The lowest BCUT2D eigenvalue weighted by molar-refractivity contribution is 0.0928. The monoisotopic (exact) mass is 471 g/mol. The molecule has 178 valence electrons. The van der Waals surface area contributed by atoms with Gasteiger partial charge in [0, 0.05) is 5.56 Å².